The van der Waals surface area contributed by atoms with E-state index in [1.54, 1.807) is 23.7 Å². The zero-order valence-electron chi connectivity index (χ0n) is 11.4. The molecule has 0 aliphatic carbocycles. The van der Waals surface area contributed by atoms with E-state index >= 15 is 0 Å². The van der Waals surface area contributed by atoms with Crippen LogP contribution in [0.25, 0.3) is 10.1 Å². The van der Waals surface area contributed by atoms with Crippen molar-refractivity contribution < 1.29 is 4.79 Å². The first-order valence-electron chi connectivity index (χ1n) is 6.46. The molecule has 5 nitrogen and oxygen atoms in total. The number of thiophene rings is 1. The van der Waals surface area contributed by atoms with Gasteiger partial charge in [-0.15, -0.1) is 22.7 Å². The summed E-state index contributed by atoms with van der Waals surface area (Å²) in [5, 5.41) is 6.82. The van der Waals surface area contributed by atoms with Crippen molar-refractivity contribution in [1.29, 1.82) is 0 Å². The van der Waals surface area contributed by atoms with Crippen molar-refractivity contribution in [3.63, 3.8) is 0 Å². The predicted octanol–water partition coefficient (Wildman–Crippen LogP) is 2.62. The molecule has 7 heteroatoms. The van der Waals surface area contributed by atoms with E-state index < -0.39 is 0 Å². The van der Waals surface area contributed by atoms with Crippen LogP contribution < -0.4 is 11.1 Å². The molecule has 108 valence electrons. The van der Waals surface area contributed by atoms with Gasteiger partial charge in [0.25, 0.3) is 5.91 Å². The number of nitrogens with two attached hydrogens (primary N) is 1. The Morgan fingerprint density at radius 1 is 1.48 bits per heavy atom. The Kier molecular flexibility index (Phi) is 3.85. The number of carbonyl (C=O) groups excluding carboxylic acids is 1. The Morgan fingerprint density at radius 3 is 3.05 bits per heavy atom. The molecule has 0 atom stereocenters. The molecule has 0 unspecified atom stereocenters. The molecular formula is C14H14N4OS2. The van der Waals surface area contributed by atoms with E-state index in [-0.39, 0.29) is 5.91 Å². The average molecular weight is 318 g/mol. The molecule has 0 aliphatic heterocycles. The van der Waals surface area contributed by atoms with Crippen molar-refractivity contribution in [2.24, 2.45) is 0 Å². The lowest BCUT2D eigenvalue weighted by atomic mass is 10.2. The van der Waals surface area contributed by atoms with Crippen LogP contribution in [0.4, 0.5) is 5.69 Å². The van der Waals surface area contributed by atoms with E-state index in [0.717, 1.165) is 27.2 Å². The maximum Gasteiger partial charge on any atom is 0.263 e. The molecule has 3 aromatic rings. The van der Waals surface area contributed by atoms with Gasteiger partial charge in [-0.3, -0.25) is 9.78 Å². The number of nitrogens with one attached hydrogen (secondary N) is 1. The molecule has 0 saturated carbocycles. The Bertz CT molecular complexity index is 793. The first-order valence-corrected chi connectivity index (χ1v) is 8.16. The van der Waals surface area contributed by atoms with Gasteiger partial charge in [-0.05, 0) is 13.0 Å². The molecule has 3 aromatic heterocycles. The van der Waals surface area contributed by atoms with Crippen LogP contribution in [0.5, 0.6) is 0 Å². The Morgan fingerprint density at radius 2 is 2.33 bits per heavy atom. The fraction of sp³-hybridized carbons (Fsp3) is 0.214. The summed E-state index contributed by atoms with van der Waals surface area (Å²) in [6, 6.07) is 1.83. The van der Waals surface area contributed by atoms with Crippen LogP contribution in [0.1, 0.15) is 20.4 Å². The van der Waals surface area contributed by atoms with Gasteiger partial charge in [0.15, 0.2) is 0 Å². The second-order valence-electron chi connectivity index (χ2n) is 4.61. The monoisotopic (exact) mass is 318 g/mol. The van der Waals surface area contributed by atoms with Gasteiger partial charge >= 0.3 is 0 Å². The number of hydrogen-bond acceptors (Lipinski definition) is 6. The number of pyridine rings is 1. The maximum absolute atomic E-state index is 12.2. The van der Waals surface area contributed by atoms with Crippen molar-refractivity contribution in [1.82, 2.24) is 15.3 Å². The third-order valence-electron chi connectivity index (χ3n) is 3.03. The first-order chi connectivity index (χ1) is 10.1. The Balaban J connectivity index is 1.68. The van der Waals surface area contributed by atoms with Gasteiger partial charge < -0.3 is 11.1 Å². The summed E-state index contributed by atoms with van der Waals surface area (Å²) >= 11 is 2.98. The number of fused-ring (bicyclic) bond motifs is 1. The number of thiazole rings is 1. The van der Waals surface area contributed by atoms with Crippen LogP contribution in [0.2, 0.25) is 0 Å². The second kappa shape index (κ2) is 5.79. The molecule has 21 heavy (non-hydrogen) atoms. The first kappa shape index (κ1) is 14.0. The van der Waals surface area contributed by atoms with Crippen molar-refractivity contribution in [2.45, 2.75) is 13.3 Å². The molecular weight excluding hydrogens is 304 g/mol. The van der Waals surface area contributed by atoms with Crippen LogP contribution in [-0.4, -0.2) is 22.4 Å². The largest absolute Gasteiger partial charge is 0.397 e. The molecule has 0 radical (unpaired) electrons. The van der Waals surface area contributed by atoms with Crippen LogP contribution >= 0.6 is 22.7 Å². The molecule has 0 aromatic carbocycles. The molecule has 3 heterocycles. The zero-order valence-corrected chi connectivity index (χ0v) is 13.1. The quantitative estimate of drug-likeness (QED) is 0.775. The van der Waals surface area contributed by atoms with E-state index in [1.165, 1.54) is 11.3 Å². The van der Waals surface area contributed by atoms with E-state index in [2.05, 4.69) is 15.3 Å². The van der Waals surface area contributed by atoms with Gasteiger partial charge in [0.1, 0.15) is 4.88 Å². The van der Waals surface area contributed by atoms with Crippen molar-refractivity contribution >= 4 is 44.4 Å². The number of aromatic nitrogens is 2. The number of nitrogens with zero attached hydrogens (tertiary/aromatic N) is 2. The highest BCUT2D eigenvalue weighted by molar-refractivity contribution is 7.21. The normalized spacial score (nSPS) is 10.9. The average Bonchev–Trinajstić information content (AvgIpc) is 3.03. The van der Waals surface area contributed by atoms with Crippen molar-refractivity contribution in [3.8, 4) is 0 Å². The minimum Gasteiger partial charge on any atom is -0.397 e. The minimum atomic E-state index is -0.137. The van der Waals surface area contributed by atoms with Crippen LogP contribution in [0, 0.1) is 6.92 Å². The summed E-state index contributed by atoms with van der Waals surface area (Å²) in [5.74, 6) is -0.137. The highest BCUT2D eigenvalue weighted by atomic mass is 32.1. The maximum atomic E-state index is 12.2. The molecule has 0 spiro atoms. The third-order valence-corrected chi connectivity index (χ3v) is 5.21. The number of anilines is 1. The Hall–Kier alpha value is -1.99. The van der Waals surface area contributed by atoms with Gasteiger partial charge in [-0.2, -0.15) is 0 Å². The molecule has 0 fully saturated rings. The summed E-state index contributed by atoms with van der Waals surface area (Å²) in [6.45, 7) is 2.52. The lowest BCUT2D eigenvalue weighted by Gasteiger charge is -2.02. The van der Waals surface area contributed by atoms with Crippen LogP contribution in [0.15, 0.2) is 23.8 Å². The topological polar surface area (TPSA) is 80.9 Å². The van der Waals surface area contributed by atoms with Crippen molar-refractivity contribution in [3.05, 3.63) is 39.4 Å². The van der Waals surface area contributed by atoms with Gasteiger partial charge in [0.05, 0.1) is 15.4 Å². The minimum absolute atomic E-state index is 0.137. The number of amides is 1. The lowest BCUT2D eigenvalue weighted by molar-refractivity contribution is 0.0959. The van der Waals surface area contributed by atoms with Gasteiger partial charge in [-0.1, -0.05) is 0 Å². The molecule has 1 amide bonds. The summed E-state index contributed by atoms with van der Waals surface area (Å²) in [6.07, 6.45) is 4.14. The summed E-state index contributed by atoms with van der Waals surface area (Å²) in [5.41, 5.74) is 7.58. The van der Waals surface area contributed by atoms with Gasteiger partial charge in [0, 0.05) is 41.8 Å². The number of aryl methyl sites for hydroxylation is 1. The molecule has 3 N–H and O–H groups in total. The summed E-state index contributed by atoms with van der Waals surface area (Å²) in [4.78, 5) is 21.2. The predicted molar refractivity (Wildman–Crippen MR) is 86.9 cm³/mol. The standard InChI is InChI=1S/C14H14N4OS2/c1-8-7-20-11(18-8)3-5-17-14(19)13-12(15)9-2-4-16-6-10(9)21-13/h2,4,6-7H,3,5,15H2,1H3,(H,17,19). The van der Waals surface area contributed by atoms with E-state index in [0.29, 0.717) is 17.1 Å². The fourth-order valence-corrected chi connectivity index (χ4v) is 3.80. The third kappa shape index (κ3) is 2.88. The molecule has 0 saturated heterocycles. The lowest BCUT2D eigenvalue weighted by Crippen LogP contribution is -2.25. The van der Waals surface area contributed by atoms with Gasteiger partial charge in [0.2, 0.25) is 0 Å². The van der Waals surface area contributed by atoms with Crippen LogP contribution in [0.3, 0.4) is 0 Å². The summed E-state index contributed by atoms with van der Waals surface area (Å²) in [7, 11) is 0. The molecule has 0 bridgehead atoms. The Labute approximate surface area is 129 Å². The van der Waals surface area contributed by atoms with E-state index in [1.807, 2.05) is 18.4 Å². The SMILES string of the molecule is Cc1csc(CCNC(=O)c2sc3cnccc3c2N)n1. The zero-order chi connectivity index (χ0) is 14.8. The number of carbonyl (C=O) groups is 1. The van der Waals surface area contributed by atoms with E-state index in [4.69, 9.17) is 5.73 Å². The number of nitrogen functional groups attached to an aromatic ring is 1. The van der Waals surface area contributed by atoms with E-state index in [9.17, 15) is 4.79 Å². The number of hydrogen-bond donors (Lipinski definition) is 2. The highest BCUT2D eigenvalue weighted by Gasteiger charge is 2.15. The fourth-order valence-electron chi connectivity index (χ4n) is 2.02. The second-order valence-corrected chi connectivity index (χ2v) is 6.60. The molecule has 3 rings (SSSR count). The summed E-state index contributed by atoms with van der Waals surface area (Å²) < 4.78 is 0.927. The number of rotatable bonds is 4. The van der Waals surface area contributed by atoms with Crippen molar-refractivity contribution in [2.75, 3.05) is 12.3 Å². The van der Waals surface area contributed by atoms with Crippen LogP contribution in [-0.2, 0) is 6.42 Å². The molecule has 0 aliphatic rings. The highest BCUT2D eigenvalue weighted by Crippen LogP contribution is 2.32. The van der Waals surface area contributed by atoms with Gasteiger partial charge in [-0.25, -0.2) is 4.98 Å². The smallest absolute Gasteiger partial charge is 0.263 e.